The van der Waals surface area contributed by atoms with Crippen LogP contribution in [0.15, 0.2) is 58.7 Å². The summed E-state index contributed by atoms with van der Waals surface area (Å²) in [6, 6.07) is 10.9. The van der Waals surface area contributed by atoms with Crippen molar-refractivity contribution in [1.82, 2.24) is 14.3 Å². The Bertz CT molecular complexity index is 1100. The van der Waals surface area contributed by atoms with Gasteiger partial charge >= 0.3 is 0 Å². The van der Waals surface area contributed by atoms with Crippen LogP contribution in [0.3, 0.4) is 0 Å². The second-order valence-corrected chi connectivity index (χ2v) is 10.1. The number of ketones is 1. The van der Waals surface area contributed by atoms with Gasteiger partial charge in [-0.1, -0.05) is 30.0 Å². The first-order valence-corrected chi connectivity index (χ1v) is 11.5. The Morgan fingerprint density at radius 3 is 2.64 bits per heavy atom. The number of fused-ring (bicyclic) bond motifs is 1. The summed E-state index contributed by atoms with van der Waals surface area (Å²) in [5.74, 6) is 0.0121. The topological polar surface area (TPSA) is 83.1 Å². The molecule has 8 heteroatoms. The Morgan fingerprint density at radius 1 is 1.18 bits per heavy atom. The lowest BCUT2D eigenvalue weighted by Crippen LogP contribution is -2.27. The van der Waals surface area contributed by atoms with E-state index in [-0.39, 0.29) is 15.9 Å². The summed E-state index contributed by atoms with van der Waals surface area (Å²) in [6.45, 7) is 2.97. The van der Waals surface area contributed by atoms with E-state index in [1.54, 1.807) is 18.3 Å². The first-order valence-electron chi connectivity index (χ1n) is 9.20. The van der Waals surface area contributed by atoms with Crippen LogP contribution in [0.25, 0.3) is 10.9 Å². The van der Waals surface area contributed by atoms with Crippen molar-refractivity contribution in [2.75, 3.05) is 13.1 Å². The molecule has 2 aromatic heterocycles. The smallest absolute Gasteiger partial charge is 0.244 e. The number of aromatic nitrogens is 2. The molecular formula is C20H21N3O3S2. The Morgan fingerprint density at radius 2 is 1.93 bits per heavy atom. The van der Waals surface area contributed by atoms with Crippen molar-refractivity contribution in [1.29, 1.82) is 0 Å². The fourth-order valence-electron chi connectivity index (χ4n) is 3.40. The fourth-order valence-corrected chi connectivity index (χ4v) is 5.71. The van der Waals surface area contributed by atoms with E-state index in [1.807, 2.05) is 31.2 Å². The summed E-state index contributed by atoms with van der Waals surface area (Å²) in [5.41, 5.74) is 1.58. The second-order valence-electron chi connectivity index (χ2n) is 6.82. The van der Waals surface area contributed by atoms with E-state index in [4.69, 9.17) is 0 Å². The molecule has 1 atom stereocenters. The zero-order valence-electron chi connectivity index (χ0n) is 15.5. The van der Waals surface area contributed by atoms with Gasteiger partial charge in [-0.15, -0.1) is 0 Å². The summed E-state index contributed by atoms with van der Waals surface area (Å²) < 4.78 is 26.7. The first-order chi connectivity index (χ1) is 13.5. The average Bonchev–Trinajstić information content (AvgIpc) is 3.38. The van der Waals surface area contributed by atoms with Crippen molar-refractivity contribution in [2.45, 2.75) is 34.9 Å². The molecular weight excluding hydrogens is 394 g/mol. The van der Waals surface area contributed by atoms with E-state index in [0.717, 1.165) is 23.7 Å². The number of carbonyl (C=O) groups excluding carboxylic acids is 1. The molecule has 3 heterocycles. The number of carbonyl (C=O) groups is 1. The van der Waals surface area contributed by atoms with Gasteiger partial charge in [-0.3, -0.25) is 4.79 Å². The number of pyridine rings is 1. The van der Waals surface area contributed by atoms with Gasteiger partial charge in [0.15, 0.2) is 5.78 Å². The first kappa shape index (κ1) is 19.2. The van der Waals surface area contributed by atoms with Crippen molar-refractivity contribution in [3.8, 4) is 0 Å². The van der Waals surface area contributed by atoms with Gasteiger partial charge in [-0.05, 0) is 38.0 Å². The number of nitrogens with one attached hydrogen (secondary N) is 1. The average molecular weight is 416 g/mol. The van der Waals surface area contributed by atoms with E-state index >= 15 is 0 Å². The molecule has 0 amide bonds. The van der Waals surface area contributed by atoms with E-state index in [9.17, 15) is 13.2 Å². The number of Topliss-reactive ketones (excluding diaryl/α,β-unsaturated/α-hetero) is 1. The molecule has 1 fully saturated rings. The monoisotopic (exact) mass is 415 g/mol. The van der Waals surface area contributed by atoms with Crippen molar-refractivity contribution in [3.05, 3.63) is 54.4 Å². The maximum Gasteiger partial charge on any atom is 0.244 e. The third kappa shape index (κ3) is 3.59. The maximum absolute atomic E-state index is 12.9. The third-order valence-corrected chi connectivity index (χ3v) is 7.87. The van der Waals surface area contributed by atoms with Gasteiger partial charge in [0.1, 0.15) is 4.90 Å². The normalized spacial score (nSPS) is 16.5. The highest BCUT2D eigenvalue weighted by molar-refractivity contribution is 8.00. The van der Waals surface area contributed by atoms with Crippen LogP contribution in [-0.4, -0.2) is 46.8 Å². The Kier molecular flexibility index (Phi) is 5.27. The molecule has 1 saturated heterocycles. The number of sulfonamides is 1. The quantitative estimate of drug-likeness (QED) is 0.490. The van der Waals surface area contributed by atoms with Crippen molar-refractivity contribution >= 4 is 38.5 Å². The largest absolute Gasteiger partial charge is 0.360 e. The molecule has 0 aliphatic carbocycles. The van der Waals surface area contributed by atoms with Crippen LogP contribution in [0.1, 0.15) is 30.1 Å². The number of H-pyrrole nitrogens is 1. The molecule has 0 spiro atoms. The van der Waals surface area contributed by atoms with Crippen LogP contribution in [0.2, 0.25) is 0 Å². The number of hydrogen-bond donors (Lipinski definition) is 1. The standard InChI is InChI=1S/C20H21N3O3S2/c1-14(20(24)17-13-21-18-7-3-2-6-16(17)18)27-19-9-8-15(12-22-19)28(25,26)23-10-4-5-11-23/h2-3,6-9,12-14,21H,4-5,10-11H2,1H3. The number of aromatic amines is 1. The van der Waals surface area contributed by atoms with Crippen LogP contribution in [0, 0.1) is 0 Å². The van der Waals surface area contributed by atoms with E-state index < -0.39 is 10.0 Å². The predicted molar refractivity (Wildman–Crippen MR) is 110 cm³/mol. The maximum atomic E-state index is 12.9. The van der Waals surface area contributed by atoms with E-state index in [2.05, 4.69) is 9.97 Å². The summed E-state index contributed by atoms with van der Waals surface area (Å²) in [4.78, 5) is 20.5. The van der Waals surface area contributed by atoms with Gasteiger partial charge in [-0.2, -0.15) is 4.31 Å². The number of hydrogen-bond acceptors (Lipinski definition) is 5. The fraction of sp³-hybridized carbons (Fsp3) is 0.300. The van der Waals surface area contributed by atoms with Crippen LogP contribution in [-0.2, 0) is 10.0 Å². The number of thioether (sulfide) groups is 1. The minimum absolute atomic E-state index is 0.0121. The molecule has 4 rings (SSSR count). The Hall–Kier alpha value is -2.16. The highest BCUT2D eigenvalue weighted by Crippen LogP contribution is 2.28. The van der Waals surface area contributed by atoms with Gasteiger partial charge in [0.25, 0.3) is 0 Å². The molecule has 146 valence electrons. The SMILES string of the molecule is CC(Sc1ccc(S(=O)(=O)N2CCCC2)cn1)C(=O)c1c[nH]c2ccccc12. The molecule has 1 aliphatic rings. The summed E-state index contributed by atoms with van der Waals surface area (Å²) in [5, 5.41) is 1.19. The lowest BCUT2D eigenvalue weighted by Gasteiger charge is -2.15. The predicted octanol–water partition coefficient (Wildman–Crippen LogP) is 3.71. The van der Waals surface area contributed by atoms with Crippen LogP contribution >= 0.6 is 11.8 Å². The minimum Gasteiger partial charge on any atom is -0.360 e. The molecule has 6 nitrogen and oxygen atoms in total. The minimum atomic E-state index is -3.47. The lowest BCUT2D eigenvalue weighted by molar-refractivity contribution is 0.0995. The highest BCUT2D eigenvalue weighted by atomic mass is 32.2. The van der Waals surface area contributed by atoms with Gasteiger partial charge in [0.2, 0.25) is 10.0 Å². The molecule has 0 saturated carbocycles. The molecule has 28 heavy (non-hydrogen) atoms. The molecule has 1 N–H and O–H groups in total. The Balaban J connectivity index is 1.49. The summed E-state index contributed by atoms with van der Waals surface area (Å²) in [6.07, 6.45) is 4.92. The molecule has 3 aromatic rings. The van der Waals surface area contributed by atoms with E-state index in [0.29, 0.717) is 23.7 Å². The number of para-hydroxylation sites is 1. The molecule has 1 aliphatic heterocycles. The van der Waals surface area contributed by atoms with Gasteiger partial charge in [0, 0.05) is 41.9 Å². The van der Waals surface area contributed by atoms with Gasteiger partial charge in [-0.25, -0.2) is 13.4 Å². The van der Waals surface area contributed by atoms with Crippen LogP contribution < -0.4 is 0 Å². The molecule has 0 bridgehead atoms. The zero-order valence-corrected chi connectivity index (χ0v) is 17.1. The number of rotatable bonds is 6. The zero-order chi connectivity index (χ0) is 19.7. The molecule has 1 unspecified atom stereocenters. The highest BCUT2D eigenvalue weighted by Gasteiger charge is 2.27. The van der Waals surface area contributed by atoms with Crippen molar-refractivity contribution < 1.29 is 13.2 Å². The van der Waals surface area contributed by atoms with E-state index in [1.165, 1.54) is 22.3 Å². The van der Waals surface area contributed by atoms with Crippen molar-refractivity contribution in [3.63, 3.8) is 0 Å². The summed E-state index contributed by atoms with van der Waals surface area (Å²) in [7, 11) is -3.47. The molecule has 1 aromatic carbocycles. The third-order valence-electron chi connectivity index (χ3n) is 4.93. The lowest BCUT2D eigenvalue weighted by atomic mass is 10.1. The van der Waals surface area contributed by atoms with Crippen LogP contribution in [0.5, 0.6) is 0 Å². The molecule has 0 radical (unpaired) electrons. The van der Waals surface area contributed by atoms with Gasteiger partial charge in [0.05, 0.1) is 10.3 Å². The second kappa shape index (κ2) is 7.69. The van der Waals surface area contributed by atoms with Crippen LogP contribution in [0.4, 0.5) is 0 Å². The van der Waals surface area contributed by atoms with Crippen molar-refractivity contribution in [2.24, 2.45) is 0 Å². The summed E-state index contributed by atoms with van der Waals surface area (Å²) >= 11 is 1.33. The number of nitrogens with zero attached hydrogens (tertiary/aromatic N) is 2. The van der Waals surface area contributed by atoms with Gasteiger partial charge < -0.3 is 4.98 Å². The Labute approximate surface area is 168 Å². The number of benzene rings is 1.